The molecule has 1 heterocycles. The first kappa shape index (κ1) is 15.5. The Morgan fingerprint density at radius 3 is 2.63 bits per heavy atom. The van der Waals surface area contributed by atoms with Crippen LogP contribution < -0.4 is 0 Å². The number of carboxylic acids is 1. The highest BCUT2D eigenvalue weighted by molar-refractivity contribution is 7.10. The minimum Gasteiger partial charge on any atom is -0.481 e. The average Bonchev–Trinajstić information content (AvgIpc) is 2.89. The summed E-state index contributed by atoms with van der Waals surface area (Å²) in [5, 5.41) is 10.6. The Bertz CT molecular complexity index is 420. The Kier molecular flexibility index (Phi) is 5.82. The smallest absolute Gasteiger partial charge is 0.320 e. The van der Waals surface area contributed by atoms with Gasteiger partial charge >= 0.3 is 12.0 Å². The van der Waals surface area contributed by atoms with Crippen molar-refractivity contribution in [3.05, 3.63) is 22.4 Å². The first-order chi connectivity index (χ1) is 8.93. The van der Waals surface area contributed by atoms with Gasteiger partial charge in [-0.15, -0.1) is 11.3 Å². The number of carbonyl (C=O) groups excluding carboxylic acids is 1. The highest BCUT2D eigenvalue weighted by Crippen LogP contribution is 2.24. The molecule has 0 aromatic carbocycles. The Labute approximate surface area is 117 Å². The largest absolute Gasteiger partial charge is 0.481 e. The second-order valence-electron chi connectivity index (χ2n) is 4.50. The maximum atomic E-state index is 12.2. The van der Waals surface area contributed by atoms with Crippen LogP contribution in [-0.2, 0) is 4.79 Å². The van der Waals surface area contributed by atoms with E-state index in [0.29, 0.717) is 13.0 Å². The van der Waals surface area contributed by atoms with Crippen molar-refractivity contribution in [3.63, 3.8) is 0 Å². The van der Waals surface area contributed by atoms with Crippen LogP contribution in [0.1, 0.15) is 30.7 Å². The molecule has 0 spiro atoms. The molecule has 0 bridgehead atoms. The molecule has 1 aromatic heterocycles. The number of rotatable bonds is 6. The van der Waals surface area contributed by atoms with E-state index in [9.17, 15) is 9.59 Å². The van der Waals surface area contributed by atoms with Gasteiger partial charge in [0.1, 0.15) is 0 Å². The van der Waals surface area contributed by atoms with Gasteiger partial charge in [-0.1, -0.05) is 6.07 Å². The number of hydrogen-bond acceptors (Lipinski definition) is 3. The topological polar surface area (TPSA) is 60.9 Å². The average molecular weight is 284 g/mol. The van der Waals surface area contributed by atoms with Crippen molar-refractivity contribution >= 4 is 23.3 Å². The summed E-state index contributed by atoms with van der Waals surface area (Å²) in [6.07, 6.45) is 0.556. The van der Waals surface area contributed by atoms with Crippen LogP contribution in [0.15, 0.2) is 17.5 Å². The van der Waals surface area contributed by atoms with E-state index in [-0.39, 0.29) is 18.5 Å². The van der Waals surface area contributed by atoms with Crippen LogP contribution in [0.5, 0.6) is 0 Å². The molecule has 1 N–H and O–H groups in total. The molecule has 1 rings (SSSR count). The Hall–Kier alpha value is -1.56. The van der Waals surface area contributed by atoms with Gasteiger partial charge in [0.25, 0.3) is 0 Å². The molecule has 0 aliphatic carbocycles. The number of aliphatic carboxylic acids is 1. The Balaban J connectivity index is 2.49. The van der Waals surface area contributed by atoms with Crippen molar-refractivity contribution in [2.24, 2.45) is 0 Å². The van der Waals surface area contributed by atoms with Crippen molar-refractivity contribution in [1.82, 2.24) is 9.80 Å². The standard InChI is InChI=1S/C13H20N2O3S/c1-10(11-6-5-9-19-11)15(3)13(18)14(2)8-4-7-12(16)17/h5-6,9-10H,4,7-8H2,1-3H3,(H,16,17). The second-order valence-corrected chi connectivity index (χ2v) is 5.48. The SMILES string of the molecule is CC(c1cccs1)N(C)C(=O)N(C)CCCC(=O)O. The normalized spacial score (nSPS) is 11.9. The molecule has 1 atom stereocenters. The molecule has 0 aliphatic heterocycles. The first-order valence-electron chi connectivity index (χ1n) is 6.16. The molecule has 0 aliphatic rings. The maximum Gasteiger partial charge on any atom is 0.320 e. The van der Waals surface area contributed by atoms with Gasteiger partial charge < -0.3 is 14.9 Å². The van der Waals surface area contributed by atoms with E-state index in [4.69, 9.17) is 5.11 Å². The zero-order chi connectivity index (χ0) is 14.4. The Morgan fingerprint density at radius 2 is 2.11 bits per heavy atom. The van der Waals surface area contributed by atoms with E-state index in [1.54, 1.807) is 35.2 Å². The van der Waals surface area contributed by atoms with E-state index in [2.05, 4.69) is 0 Å². The van der Waals surface area contributed by atoms with Crippen molar-refractivity contribution in [3.8, 4) is 0 Å². The zero-order valence-corrected chi connectivity index (χ0v) is 12.3. The van der Waals surface area contributed by atoms with Gasteiger partial charge in [-0.3, -0.25) is 4.79 Å². The van der Waals surface area contributed by atoms with Crippen LogP contribution in [0.4, 0.5) is 4.79 Å². The van der Waals surface area contributed by atoms with Gasteiger partial charge in [-0.05, 0) is 24.8 Å². The number of thiophene rings is 1. The monoisotopic (exact) mass is 284 g/mol. The van der Waals surface area contributed by atoms with Gasteiger partial charge in [0.15, 0.2) is 0 Å². The van der Waals surface area contributed by atoms with Gasteiger partial charge in [-0.2, -0.15) is 0 Å². The summed E-state index contributed by atoms with van der Waals surface area (Å²) in [5.74, 6) is -0.832. The fraction of sp³-hybridized carbons (Fsp3) is 0.538. The third-order valence-corrected chi connectivity index (χ3v) is 4.09. The van der Waals surface area contributed by atoms with Gasteiger partial charge in [0.2, 0.25) is 0 Å². The summed E-state index contributed by atoms with van der Waals surface area (Å²) in [4.78, 5) is 27.0. The van der Waals surface area contributed by atoms with Crippen LogP contribution in [0.3, 0.4) is 0 Å². The highest BCUT2D eigenvalue weighted by atomic mass is 32.1. The number of nitrogens with zero attached hydrogens (tertiary/aromatic N) is 2. The summed E-state index contributed by atoms with van der Waals surface area (Å²) >= 11 is 1.62. The lowest BCUT2D eigenvalue weighted by atomic mass is 10.2. The van der Waals surface area contributed by atoms with Crippen molar-refractivity contribution < 1.29 is 14.7 Å². The molecule has 5 nitrogen and oxygen atoms in total. The highest BCUT2D eigenvalue weighted by Gasteiger charge is 2.21. The molecule has 1 aromatic rings. The Morgan fingerprint density at radius 1 is 1.42 bits per heavy atom. The molecule has 106 valence electrons. The molecule has 6 heteroatoms. The molecule has 1 unspecified atom stereocenters. The van der Waals surface area contributed by atoms with E-state index < -0.39 is 5.97 Å². The molecular formula is C13H20N2O3S. The molecule has 0 saturated heterocycles. The minimum atomic E-state index is -0.832. The molecule has 0 radical (unpaired) electrons. The summed E-state index contributed by atoms with van der Waals surface area (Å²) in [5.41, 5.74) is 0. The summed E-state index contributed by atoms with van der Waals surface area (Å²) in [6, 6.07) is 3.90. The predicted molar refractivity (Wildman–Crippen MR) is 75.4 cm³/mol. The molecule has 0 saturated carbocycles. The van der Waals surface area contributed by atoms with E-state index in [1.807, 2.05) is 24.4 Å². The van der Waals surface area contributed by atoms with Crippen LogP contribution in [0.2, 0.25) is 0 Å². The van der Waals surface area contributed by atoms with Crippen molar-refractivity contribution in [2.75, 3.05) is 20.6 Å². The van der Waals surface area contributed by atoms with Crippen molar-refractivity contribution in [1.29, 1.82) is 0 Å². The minimum absolute atomic E-state index is 0.0226. The van der Waals surface area contributed by atoms with E-state index in [1.165, 1.54) is 0 Å². The van der Waals surface area contributed by atoms with Gasteiger partial charge in [0, 0.05) is 31.9 Å². The van der Waals surface area contributed by atoms with Gasteiger partial charge in [-0.25, -0.2) is 4.79 Å². The lowest BCUT2D eigenvalue weighted by Gasteiger charge is -2.29. The molecule has 2 amide bonds. The lowest BCUT2D eigenvalue weighted by molar-refractivity contribution is -0.137. The van der Waals surface area contributed by atoms with E-state index >= 15 is 0 Å². The van der Waals surface area contributed by atoms with Gasteiger partial charge in [0.05, 0.1) is 6.04 Å². The zero-order valence-electron chi connectivity index (χ0n) is 11.5. The van der Waals surface area contributed by atoms with Crippen LogP contribution in [0.25, 0.3) is 0 Å². The number of carbonyl (C=O) groups is 2. The number of amides is 2. The molecule has 19 heavy (non-hydrogen) atoms. The molecular weight excluding hydrogens is 264 g/mol. The van der Waals surface area contributed by atoms with E-state index in [0.717, 1.165) is 4.88 Å². The van der Waals surface area contributed by atoms with Crippen molar-refractivity contribution in [2.45, 2.75) is 25.8 Å². The third kappa shape index (κ3) is 4.55. The predicted octanol–water partition coefficient (Wildman–Crippen LogP) is 2.66. The fourth-order valence-electron chi connectivity index (χ4n) is 1.72. The summed E-state index contributed by atoms with van der Waals surface area (Å²) in [7, 11) is 3.46. The van der Waals surface area contributed by atoms with Crippen LogP contribution in [0, 0.1) is 0 Å². The summed E-state index contributed by atoms with van der Waals surface area (Å²) in [6.45, 7) is 2.43. The van der Waals surface area contributed by atoms with Crippen LogP contribution >= 0.6 is 11.3 Å². The number of carboxylic acid groups (broad SMARTS) is 1. The first-order valence-corrected chi connectivity index (χ1v) is 7.04. The lowest BCUT2D eigenvalue weighted by Crippen LogP contribution is -2.40. The third-order valence-electron chi connectivity index (χ3n) is 3.05. The fourth-order valence-corrected chi connectivity index (χ4v) is 2.54. The number of hydrogen-bond donors (Lipinski definition) is 1. The van der Waals surface area contributed by atoms with Crippen LogP contribution in [-0.4, -0.2) is 47.5 Å². The summed E-state index contributed by atoms with van der Waals surface area (Å²) < 4.78 is 0. The molecule has 0 fully saturated rings. The maximum absolute atomic E-state index is 12.2. The quantitative estimate of drug-likeness (QED) is 0.873. The second kappa shape index (κ2) is 7.13. The number of urea groups is 1.